The van der Waals surface area contributed by atoms with Crippen molar-refractivity contribution in [2.24, 2.45) is 5.92 Å². The summed E-state index contributed by atoms with van der Waals surface area (Å²) in [6, 6.07) is 16.7. The van der Waals surface area contributed by atoms with Crippen molar-refractivity contribution in [1.29, 1.82) is 0 Å². The van der Waals surface area contributed by atoms with Crippen LogP contribution >= 0.6 is 23.4 Å². The molecule has 29 heavy (non-hydrogen) atoms. The van der Waals surface area contributed by atoms with Gasteiger partial charge in [0.25, 0.3) is 0 Å². The van der Waals surface area contributed by atoms with Crippen LogP contribution in [-0.4, -0.2) is 35.1 Å². The smallest absolute Gasteiger partial charge is 0.242 e. The van der Waals surface area contributed by atoms with Gasteiger partial charge in [0, 0.05) is 23.0 Å². The highest BCUT2D eigenvalue weighted by Gasteiger charge is 2.28. The molecule has 0 aliphatic heterocycles. The van der Waals surface area contributed by atoms with Crippen LogP contribution in [0.5, 0.6) is 0 Å². The van der Waals surface area contributed by atoms with E-state index in [0.717, 1.165) is 10.5 Å². The number of nitrogens with one attached hydrogen (secondary N) is 1. The van der Waals surface area contributed by atoms with E-state index in [1.165, 1.54) is 11.8 Å². The molecule has 6 heteroatoms. The van der Waals surface area contributed by atoms with Crippen molar-refractivity contribution >= 4 is 35.2 Å². The third-order valence-corrected chi connectivity index (χ3v) is 5.69. The normalized spacial score (nSPS) is 11.9. The zero-order valence-corrected chi connectivity index (χ0v) is 18.8. The predicted molar refractivity (Wildman–Crippen MR) is 121 cm³/mol. The van der Waals surface area contributed by atoms with Gasteiger partial charge in [-0.05, 0) is 42.2 Å². The highest BCUT2D eigenvalue weighted by molar-refractivity contribution is 8.00. The largest absolute Gasteiger partial charge is 0.354 e. The average molecular weight is 433 g/mol. The van der Waals surface area contributed by atoms with E-state index in [2.05, 4.69) is 19.2 Å². The van der Waals surface area contributed by atoms with Gasteiger partial charge in [-0.15, -0.1) is 11.8 Å². The van der Waals surface area contributed by atoms with Crippen LogP contribution in [0.2, 0.25) is 5.02 Å². The summed E-state index contributed by atoms with van der Waals surface area (Å²) >= 11 is 7.39. The van der Waals surface area contributed by atoms with Gasteiger partial charge in [0.1, 0.15) is 6.04 Å². The molecule has 4 nitrogen and oxygen atoms in total. The first-order valence-corrected chi connectivity index (χ1v) is 11.3. The molecule has 0 aromatic heterocycles. The minimum absolute atomic E-state index is 0.0552. The summed E-state index contributed by atoms with van der Waals surface area (Å²) in [6.45, 7) is 7.06. The SMILES string of the molecule is CCC(C(=O)NCC(C)C)N(Cc1ccccc1)C(=O)CSc1ccc(Cl)cc1. The summed E-state index contributed by atoms with van der Waals surface area (Å²) in [5.41, 5.74) is 1.01. The molecule has 0 spiro atoms. The quantitative estimate of drug-likeness (QED) is 0.537. The van der Waals surface area contributed by atoms with Crippen molar-refractivity contribution in [1.82, 2.24) is 10.2 Å². The number of hydrogen-bond acceptors (Lipinski definition) is 3. The molecule has 2 aromatic carbocycles. The summed E-state index contributed by atoms with van der Waals surface area (Å²) in [4.78, 5) is 28.6. The zero-order valence-electron chi connectivity index (χ0n) is 17.2. The van der Waals surface area contributed by atoms with Crippen LogP contribution < -0.4 is 5.32 Å². The maximum absolute atomic E-state index is 13.1. The van der Waals surface area contributed by atoms with Gasteiger partial charge in [0.05, 0.1) is 5.75 Å². The Labute approximate surface area is 183 Å². The summed E-state index contributed by atoms with van der Waals surface area (Å²) in [5.74, 6) is 0.472. The van der Waals surface area contributed by atoms with Crippen molar-refractivity contribution in [2.45, 2.75) is 44.7 Å². The van der Waals surface area contributed by atoms with Gasteiger partial charge in [-0.25, -0.2) is 0 Å². The lowest BCUT2D eigenvalue weighted by Crippen LogP contribution is -2.50. The maximum Gasteiger partial charge on any atom is 0.242 e. The number of carbonyl (C=O) groups excluding carboxylic acids is 2. The molecule has 2 aromatic rings. The van der Waals surface area contributed by atoms with Crippen molar-refractivity contribution in [3.8, 4) is 0 Å². The number of benzene rings is 2. The topological polar surface area (TPSA) is 49.4 Å². The number of amides is 2. The van der Waals surface area contributed by atoms with E-state index in [1.54, 1.807) is 4.90 Å². The van der Waals surface area contributed by atoms with E-state index >= 15 is 0 Å². The second-order valence-electron chi connectivity index (χ2n) is 7.31. The minimum atomic E-state index is -0.493. The number of thioether (sulfide) groups is 1. The number of rotatable bonds is 10. The van der Waals surface area contributed by atoms with E-state index in [4.69, 9.17) is 11.6 Å². The molecule has 156 valence electrons. The average Bonchev–Trinajstić information content (AvgIpc) is 2.72. The lowest BCUT2D eigenvalue weighted by atomic mass is 10.1. The number of hydrogen-bond donors (Lipinski definition) is 1. The highest BCUT2D eigenvalue weighted by Crippen LogP contribution is 2.22. The van der Waals surface area contributed by atoms with E-state index in [-0.39, 0.29) is 17.6 Å². The molecule has 0 fully saturated rings. The third-order valence-electron chi connectivity index (χ3n) is 4.44. The van der Waals surface area contributed by atoms with Crippen LogP contribution in [0, 0.1) is 5.92 Å². The molecule has 1 atom stereocenters. The van der Waals surface area contributed by atoms with Crippen molar-refractivity contribution in [3.63, 3.8) is 0 Å². The second kappa shape index (κ2) is 11.9. The molecule has 0 aliphatic rings. The Morgan fingerprint density at radius 1 is 1.07 bits per heavy atom. The number of nitrogens with zero attached hydrogens (tertiary/aromatic N) is 1. The Balaban J connectivity index is 2.14. The molecule has 0 bridgehead atoms. The van der Waals surface area contributed by atoms with Gasteiger partial charge in [-0.2, -0.15) is 0 Å². The van der Waals surface area contributed by atoms with Gasteiger partial charge in [-0.1, -0.05) is 62.7 Å². The first-order chi connectivity index (χ1) is 13.9. The Kier molecular flexibility index (Phi) is 9.55. The fourth-order valence-electron chi connectivity index (χ4n) is 2.88. The molecular formula is C23H29ClN2O2S. The standard InChI is InChI=1S/C23H29ClN2O2S/c1-4-21(23(28)25-14-17(2)3)26(15-18-8-6-5-7-9-18)22(27)16-29-20-12-10-19(24)11-13-20/h5-13,17,21H,4,14-16H2,1-3H3,(H,25,28). The van der Waals surface area contributed by atoms with Crippen molar-refractivity contribution in [3.05, 3.63) is 65.2 Å². The Morgan fingerprint density at radius 3 is 2.31 bits per heavy atom. The van der Waals surface area contributed by atoms with Crippen LogP contribution in [0.3, 0.4) is 0 Å². The summed E-state index contributed by atoms with van der Waals surface area (Å²) in [7, 11) is 0. The molecule has 0 saturated carbocycles. The molecule has 1 unspecified atom stereocenters. The van der Waals surface area contributed by atoms with Gasteiger partial charge in [0.15, 0.2) is 0 Å². The molecule has 0 aliphatic carbocycles. The van der Waals surface area contributed by atoms with E-state index in [0.29, 0.717) is 30.5 Å². The van der Waals surface area contributed by atoms with Crippen LogP contribution in [0.15, 0.2) is 59.5 Å². The summed E-state index contributed by atoms with van der Waals surface area (Å²) in [5, 5.41) is 3.65. The van der Waals surface area contributed by atoms with E-state index < -0.39 is 6.04 Å². The first-order valence-electron chi connectivity index (χ1n) is 9.90. The second-order valence-corrected chi connectivity index (χ2v) is 8.80. The van der Waals surface area contributed by atoms with Crippen LogP contribution in [-0.2, 0) is 16.1 Å². The van der Waals surface area contributed by atoms with Crippen molar-refractivity contribution < 1.29 is 9.59 Å². The highest BCUT2D eigenvalue weighted by atomic mass is 35.5. The van der Waals surface area contributed by atoms with Gasteiger partial charge in [0.2, 0.25) is 11.8 Å². The number of halogens is 1. The monoisotopic (exact) mass is 432 g/mol. The van der Waals surface area contributed by atoms with E-state index in [1.807, 2.05) is 61.5 Å². The van der Waals surface area contributed by atoms with Gasteiger partial charge >= 0.3 is 0 Å². The van der Waals surface area contributed by atoms with Crippen LogP contribution in [0.4, 0.5) is 0 Å². The third kappa shape index (κ3) is 7.75. The first kappa shape index (κ1) is 23.3. The summed E-state index contributed by atoms with van der Waals surface area (Å²) in [6.07, 6.45) is 0.564. The number of carbonyl (C=O) groups is 2. The van der Waals surface area contributed by atoms with Gasteiger partial charge < -0.3 is 10.2 Å². The fraction of sp³-hybridized carbons (Fsp3) is 0.391. The molecule has 1 N–H and O–H groups in total. The predicted octanol–water partition coefficient (Wildman–Crippen LogP) is 5.01. The van der Waals surface area contributed by atoms with Crippen LogP contribution in [0.25, 0.3) is 0 Å². The molecule has 0 radical (unpaired) electrons. The fourth-order valence-corrected chi connectivity index (χ4v) is 3.79. The molecule has 0 heterocycles. The van der Waals surface area contributed by atoms with Gasteiger partial charge in [-0.3, -0.25) is 9.59 Å². The molecule has 0 saturated heterocycles. The van der Waals surface area contributed by atoms with Crippen molar-refractivity contribution in [2.75, 3.05) is 12.3 Å². The minimum Gasteiger partial charge on any atom is -0.354 e. The van der Waals surface area contributed by atoms with Crippen LogP contribution in [0.1, 0.15) is 32.8 Å². The molecule has 2 rings (SSSR count). The Hall–Kier alpha value is -1.98. The lowest BCUT2D eigenvalue weighted by molar-refractivity contribution is -0.139. The Bertz CT molecular complexity index is 781. The zero-order chi connectivity index (χ0) is 21.2. The maximum atomic E-state index is 13.1. The molecular weight excluding hydrogens is 404 g/mol. The Morgan fingerprint density at radius 2 is 1.72 bits per heavy atom. The molecule has 2 amide bonds. The van der Waals surface area contributed by atoms with E-state index in [9.17, 15) is 9.59 Å². The lowest BCUT2D eigenvalue weighted by Gasteiger charge is -2.31. The summed E-state index contributed by atoms with van der Waals surface area (Å²) < 4.78 is 0.